The van der Waals surface area contributed by atoms with Crippen LogP contribution in [-0.2, 0) is 11.0 Å². The SMILES string of the molecule is CC1(C(=O)O)CCC(n2ncc(C(=O)N(CC(=O)c3c(Cl)cncc3Cl)C3CC4C(C3)C4(C)C)c2C(F)(F)F)CC1. The Morgan fingerprint density at radius 1 is 1.05 bits per heavy atom. The van der Waals surface area contributed by atoms with Crippen LogP contribution in [-0.4, -0.2) is 55.0 Å². The smallest absolute Gasteiger partial charge is 0.433 e. The number of pyridine rings is 1. The van der Waals surface area contributed by atoms with E-state index < -0.39 is 59.1 Å². The molecule has 3 saturated carbocycles. The summed E-state index contributed by atoms with van der Waals surface area (Å²) in [6.07, 6.45) is 0.330. The molecular weight excluding hydrogens is 584 g/mol. The molecule has 2 heterocycles. The van der Waals surface area contributed by atoms with Gasteiger partial charge >= 0.3 is 12.1 Å². The van der Waals surface area contributed by atoms with Crippen LogP contribution in [0, 0.1) is 22.7 Å². The number of aliphatic carboxylic acids is 1. The third kappa shape index (κ3) is 5.24. The van der Waals surface area contributed by atoms with E-state index in [9.17, 15) is 32.7 Å². The molecule has 0 aromatic carbocycles. The van der Waals surface area contributed by atoms with E-state index in [0.717, 1.165) is 10.9 Å². The highest BCUT2D eigenvalue weighted by Crippen LogP contribution is 2.67. The topological polar surface area (TPSA) is 105 Å². The van der Waals surface area contributed by atoms with E-state index in [1.165, 1.54) is 17.3 Å². The fraction of sp³-hybridized carbons (Fsp3) is 0.607. The Labute approximate surface area is 245 Å². The van der Waals surface area contributed by atoms with Crippen LogP contribution in [0.4, 0.5) is 13.2 Å². The Morgan fingerprint density at radius 2 is 1.61 bits per heavy atom. The number of carboxylic acid groups (broad SMARTS) is 1. The number of Topliss-reactive ketones (excluding diaryl/α,β-unsaturated/α-hetero) is 1. The maximum absolute atomic E-state index is 14.5. The molecule has 0 aliphatic heterocycles. The number of hydrogen-bond acceptors (Lipinski definition) is 5. The van der Waals surface area contributed by atoms with Crippen LogP contribution in [0.25, 0.3) is 0 Å². The number of rotatable bonds is 7. The average molecular weight is 615 g/mol. The largest absolute Gasteiger partial charge is 0.481 e. The highest BCUT2D eigenvalue weighted by molar-refractivity contribution is 6.39. The van der Waals surface area contributed by atoms with Gasteiger partial charge in [-0.15, -0.1) is 0 Å². The third-order valence-corrected chi connectivity index (χ3v) is 10.3. The van der Waals surface area contributed by atoms with E-state index in [0.29, 0.717) is 24.7 Å². The summed E-state index contributed by atoms with van der Waals surface area (Å²) in [6.45, 7) is 5.32. The van der Waals surface area contributed by atoms with Gasteiger partial charge in [-0.25, -0.2) is 0 Å². The standard InChI is InChI=1S/C28H31Cl2F3N4O4/c1-26(2)17-8-15(9-18(17)26)36(13-21(38)22-19(29)11-34-12-20(22)30)24(39)16-10-35-37(23(16)28(31,32)33)14-4-6-27(3,7-5-14)25(40)41/h10-12,14-15,17-18H,4-9,13H2,1-3H3,(H,40,41). The van der Waals surface area contributed by atoms with Crippen molar-refractivity contribution in [3.63, 3.8) is 0 Å². The van der Waals surface area contributed by atoms with Crippen molar-refractivity contribution in [2.24, 2.45) is 22.7 Å². The molecule has 3 aliphatic rings. The zero-order valence-electron chi connectivity index (χ0n) is 22.8. The Balaban J connectivity index is 1.48. The van der Waals surface area contributed by atoms with Gasteiger partial charge in [0, 0.05) is 18.4 Å². The Hall–Kier alpha value is -2.66. The van der Waals surface area contributed by atoms with E-state index in [2.05, 4.69) is 23.9 Å². The molecule has 41 heavy (non-hydrogen) atoms. The molecule has 2 aromatic heterocycles. The lowest BCUT2D eigenvalue weighted by atomic mass is 9.74. The number of amides is 1. The summed E-state index contributed by atoms with van der Waals surface area (Å²) in [5, 5.41) is 13.5. The summed E-state index contributed by atoms with van der Waals surface area (Å²) < 4.78 is 44.5. The van der Waals surface area contributed by atoms with Gasteiger partial charge in [-0.2, -0.15) is 18.3 Å². The van der Waals surface area contributed by atoms with Crippen molar-refractivity contribution in [1.29, 1.82) is 0 Å². The second-order valence-electron chi connectivity index (χ2n) is 12.4. The number of halogens is 5. The zero-order valence-corrected chi connectivity index (χ0v) is 24.4. The van der Waals surface area contributed by atoms with Crippen LogP contribution in [0.15, 0.2) is 18.6 Å². The summed E-state index contributed by atoms with van der Waals surface area (Å²) >= 11 is 12.4. The van der Waals surface area contributed by atoms with Crippen LogP contribution in [0.2, 0.25) is 10.0 Å². The van der Waals surface area contributed by atoms with E-state index in [1.54, 1.807) is 6.92 Å². The van der Waals surface area contributed by atoms with Crippen molar-refractivity contribution in [2.75, 3.05) is 6.54 Å². The second kappa shape index (κ2) is 10.3. The highest BCUT2D eigenvalue weighted by Gasteiger charge is 2.63. The van der Waals surface area contributed by atoms with Crippen molar-refractivity contribution in [1.82, 2.24) is 19.7 Å². The van der Waals surface area contributed by atoms with E-state index in [4.69, 9.17) is 23.2 Å². The van der Waals surface area contributed by atoms with Crippen LogP contribution >= 0.6 is 23.2 Å². The monoisotopic (exact) mass is 614 g/mol. The predicted octanol–water partition coefficient (Wildman–Crippen LogP) is 6.57. The van der Waals surface area contributed by atoms with Gasteiger partial charge in [-0.05, 0) is 62.7 Å². The number of hydrogen-bond donors (Lipinski definition) is 1. The van der Waals surface area contributed by atoms with Crippen molar-refractivity contribution in [3.8, 4) is 0 Å². The number of carbonyl (C=O) groups excluding carboxylic acids is 2. The first-order chi connectivity index (χ1) is 19.1. The first kappa shape index (κ1) is 29.8. The first-order valence-electron chi connectivity index (χ1n) is 13.6. The minimum Gasteiger partial charge on any atom is -0.481 e. The molecule has 13 heteroatoms. The molecule has 0 radical (unpaired) electrons. The maximum atomic E-state index is 14.5. The van der Waals surface area contributed by atoms with Crippen molar-refractivity contribution in [3.05, 3.63) is 45.5 Å². The average Bonchev–Trinajstić information content (AvgIpc) is 3.30. The van der Waals surface area contributed by atoms with Gasteiger partial charge in [0.25, 0.3) is 5.91 Å². The Morgan fingerprint density at radius 3 is 2.12 bits per heavy atom. The number of carbonyl (C=O) groups is 3. The van der Waals surface area contributed by atoms with Crippen molar-refractivity contribution < 1.29 is 32.7 Å². The van der Waals surface area contributed by atoms with Crippen molar-refractivity contribution >= 4 is 40.9 Å². The molecule has 3 fully saturated rings. The van der Waals surface area contributed by atoms with E-state index in [1.807, 2.05) is 0 Å². The second-order valence-corrected chi connectivity index (χ2v) is 13.3. The van der Waals surface area contributed by atoms with Crippen LogP contribution in [0.1, 0.15) is 91.7 Å². The van der Waals surface area contributed by atoms with Gasteiger partial charge in [0.1, 0.15) is 0 Å². The van der Waals surface area contributed by atoms with Crippen molar-refractivity contribution in [2.45, 2.75) is 77.6 Å². The first-order valence-corrected chi connectivity index (χ1v) is 14.3. The highest BCUT2D eigenvalue weighted by atomic mass is 35.5. The normalized spacial score (nSPS) is 28.7. The van der Waals surface area contributed by atoms with Gasteiger partial charge in [0.2, 0.25) is 0 Å². The lowest BCUT2D eigenvalue weighted by molar-refractivity contribution is -0.152. The molecule has 3 aliphatic carbocycles. The summed E-state index contributed by atoms with van der Waals surface area (Å²) in [5.74, 6) is -1.91. The number of aromatic nitrogens is 3. The van der Waals surface area contributed by atoms with Crippen LogP contribution < -0.4 is 0 Å². The third-order valence-electron chi connectivity index (χ3n) is 9.70. The predicted molar refractivity (Wildman–Crippen MR) is 144 cm³/mol. The quantitative estimate of drug-likeness (QED) is 0.354. The molecule has 1 amide bonds. The molecule has 0 saturated heterocycles. The molecule has 0 spiro atoms. The maximum Gasteiger partial charge on any atom is 0.433 e. The summed E-state index contributed by atoms with van der Waals surface area (Å²) in [5.41, 5.74) is -2.80. The molecule has 1 N–H and O–H groups in total. The Bertz CT molecular complexity index is 1370. The van der Waals surface area contributed by atoms with Crippen LogP contribution in [0.5, 0.6) is 0 Å². The minimum atomic E-state index is -4.91. The number of ketones is 1. The summed E-state index contributed by atoms with van der Waals surface area (Å²) in [7, 11) is 0. The fourth-order valence-corrected chi connectivity index (χ4v) is 7.52. The molecule has 8 nitrogen and oxygen atoms in total. The van der Waals surface area contributed by atoms with Crippen LogP contribution in [0.3, 0.4) is 0 Å². The van der Waals surface area contributed by atoms with E-state index in [-0.39, 0.29) is 46.7 Å². The number of fused-ring (bicyclic) bond motifs is 1. The Kier molecular flexibility index (Phi) is 7.46. The molecule has 0 bridgehead atoms. The zero-order chi connectivity index (χ0) is 30.1. The lowest BCUT2D eigenvalue weighted by Crippen LogP contribution is -2.44. The van der Waals surface area contributed by atoms with Gasteiger partial charge in [-0.1, -0.05) is 37.0 Å². The fourth-order valence-electron chi connectivity index (χ4n) is 6.94. The minimum absolute atomic E-state index is 0.0141. The molecule has 2 unspecified atom stereocenters. The van der Waals surface area contributed by atoms with Gasteiger partial charge in [0.05, 0.1) is 45.4 Å². The van der Waals surface area contributed by atoms with Gasteiger partial charge in [0.15, 0.2) is 11.5 Å². The van der Waals surface area contributed by atoms with Gasteiger partial charge in [-0.3, -0.25) is 24.0 Å². The molecule has 222 valence electrons. The lowest BCUT2D eigenvalue weighted by Gasteiger charge is -2.35. The number of carboxylic acids is 1. The number of alkyl halides is 3. The van der Waals surface area contributed by atoms with E-state index >= 15 is 0 Å². The molecule has 2 aromatic rings. The molecule has 5 rings (SSSR count). The van der Waals surface area contributed by atoms with Gasteiger partial charge < -0.3 is 10.0 Å². The molecule has 2 atom stereocenters. The molecular formula is C28H31Cl2F3N4O4. The summed E-state index contributed by atoms with van der Waals surface area (Å²) in [4.78, 5) is 44.0. The number of nitrogens with zero attached hydrogens (tertiary/aromatic N) is 4. The summed E-state index contributed by atoms with van der Waals surface area (Å²) in [6, 6.07) is -1.16.